The number of hydrogen-bond acceptors (Lipinski definition) is 3. The highest BCUT2D eigenvalue weighted by atomic mass is 16.6. The Bertz CT molecular complexity index is 873. The first kappa shape index (κ1) is 17.8. The van der Waals surface area contributed by atoms with Gasteiger partial charge in [0.25, 0.3) is 0 Å². The fourth-order valence-electron chi connectivity index (χ4n) is 4.15. The third-order valence-corrected chi connectivity index (χ3v) is 5.42. The normalized spacial score (nSPS) is 18.2. The van der Waals surface area contributed by atoms with Crippen LogP contribution < -0.4 is 0 Å². The molecule has 27 heavy (non-hydrogen) atoms. The Balaban J connectivity index is 1.61. The number of carbonyl (C=O) groups is 1. The Morgan fingerprint density at radius 2 is 1.78 bits per heavy atom. The van der Waals surface area contributed by atoms with E-state index in [-0.39, 0.29) is 11.5 Å². The topological polar surface area (TPSA) is 42.4 Å². The van der Waals surface area contributed by atoms with Crippen molar-refractivity contribution in [2.45, 2.75) is 44.6 Å². The maximum atomic E-state index is 12.4. The number of nitrogens with zero attached hydrogens (tertiary/aromatic N) is 2. The first-order valence-corrected chi connectivity index (χ1v) is 9.60. The maximum absolute atomic E-state index is 12.4. The molecule has 1 spiro atoms. The van der Waals surface area contributed by atoms with Crippen LogP contribution in [0.15, 0.2) is 54.7 Å². The van der Waals surface area contributed by atoms with Crippen molar-refractivity contribution in [2.24, 2.45) is 0 Å². The minimum atomic E-state index is -0.460. The minimum absolute atomic E-state index is 0.0258. The van der Waals surface area contributed by atoms with Crippen LogP contribution >= 0.6 is 0 Å². The van der Waals surface area contributed by atoms with E-state index in [1.165, 1.54) is 16.7 Å². The van der Waals surface area contributed by atoms with E-state index in [0.29, 0.717) is 13.1 Å². The number of ether oxygens (including phenoxy) is 1. The molecule has 4 rings (SSSR count). The van der Waals surface area contributed by atoms with Gasteiger partial charge in [-0.2, -0.15) is 0 Å². The van der Waals surface area contributed by atoms with Crippen LogP contribution in [0.1, 0.15) is 50.4 Å². The van der Waals surface area contributed by atoms with Gasteiger partial charge in [0.1, 0.15) is 5.60 Å². The summed E-state index contributed by atoms with van der Waals surface area (Å²) in [5.74, 6) is 0. The number of fused-ring (bicyclic) bond motifs is 2. The van der Waals surface area contributed by atoms with Crippen molar-refractivity contribution in [3.05, 3.63) is 71.6 Å². The molecular formula is C23H26N2O2. The maximum Gasteiger partial charge on any atom is 0.410 e. The Kier molecular flexibility index (Phi) is 4.29. The van der Waals surface area contributed by atoms with Crippen LogP contribution in [0.2, 0.25) is 0 Å². The van der Waals surface area contributed by atoms with E-state index in [2.05, 4.69) is 41.4 Å². The molecule has 0 N–H and O–H groups in total. The highest BCUT2D eigenvalue weighted by Crippen LogP contribution is 2.48. The van der Waals surface area contributed by atoms with Crippen LogP contribution in [0.3, 0.4) is 0 Å². The third kappa shape index (κ3) is 3.36. The van der Waals surface area contributed by atoms with E-state index < -0.39 is 5.60 Å². The summed E-state index contributed by atoms with van der Waals surface area (Å²) in [4.78, 5) is 18.8. The zero-order chi connectivity index (χ0) is 19.1. The predicted octanol–water partition coefficient (Wildman–Crippen LogP) is 4.80. The smallest absolute Gasteiger partial charge is 0.410 e. The molecule has 1 aromatic carbocycles. The molecule has 0 saturated carbocycles. The Labute approximate surface area is 160 Å². The number of amides is 1. The first-order valence-electron chi connectivity index (χ1n) is 9.60. The van der Waals surface area contributed by atoms with Crippen molar-refractivity contribution < 1.29 is 9.53 Å². The minimum Gasteiger partial charge on any atom is -0.444 e. The molecule has 2 heterocycles. The molecular weight excluding hydrogens is 336 g/mol. The second-order valence-corrected chi connectivity index (χ2v) is 8.44. The summed E-state index contributed by atoms with van der Waals surface area (Å²) in [5.41, 5.74) is 4.35. The summed E-state index contributed by atoms with van der Waals surface area (Å²) in [7, 11) is 0. The standard InChI is InChI=1S/C23H26N2O2/c1-22(2,3)27-21(26)25-14-11-23(12-15-25)16-18(20-10-6-7-13-24-20)17-8-4-5-9-19(17)23/h4-10,13,16H,11-12,14-15H2,1-3H3. The number of hydrogen-bond donors (Lipinski definition) is 0. The molecule has 1 amide bonds. The van der Waals surface area contributed by atoms with Gasteiger partial charge in [0, 0.05) is 30.3 Å². The highest BCUT2D eigenvalue weighted by molar-refractivity contribution is 5.85. The molecule has 1 fully saturated rings. The highest BCUT2D eigenvalue weighted by Gasteiger charge is 2.42. The first-order chi connectivity index (χ1) is 12.9. The number of likely N-dealkylation sites (tertiary alicyclic amines) is 1. The summed E-state index contributed by atoms with van der Waals surface area (Å²) in [6.45, 7) is 7.13. The molecule has 2 aliphatic rings. The van der Waals surface area contributed by atoms with Crippen molar-refractivity contribution in [1.29, 1.82) is 0 Å². The second kappa shape index (κ2) is 6.52. The average Bonchev–Trinajstić information content (AvgIpc) is 2.96. The SMILES string of the molecule is CC(C)(C)OC(=O)N1CCC2(C=C(c3ccccn3)c3ccccc32)CC1. The summed E-state index contributed by atoms with van der Waals surface area (Å²) >= 11 is 0. The van der Waals surface area contributed by atoms with Crippen LogP contribution in [0.4, 0.5) is 4.79 Å². The Morgan fingerprint density at radius 1 is 1.07 bits per heavy atom. The van der Waals surface area contributed by atoms with Gasteiger partial charge in [0.05, 0.1) is 5.69 Å². The average molecular weight is 362 g/mol. The Hall–Kier alpha value is -2.62. The van der Waals surface area contributed by atoms with Crippen LogP contribution in [-0.4, -0.2) is 34.7 Å². The lowest BCUT2D eigenvalue weighted by molar-refractivity contribution is 0.0184. The van der Waals surface area contributed by atoms with Gasteiger partial charge in [-0.3, -0.25) is 4.98 Å². The molecule has 4 heteroatoms. The summed E-state index contributed by atoms with van der Waals surface area (Å²) in [5, 5.41) is 0. The zero-order valence-corrected chi connectivity index (χ0v) is 16.2. The summed E-state index contributed by atoms with van der Waals surface area (Å²) in [6, 6.07) is 14.6. The molecule has 1 aliphatic carbocycles. The van der Waals surface area contributed by atoms with Crippen LogP contribution in [0, 0.1) is 0 Å². The predicted molar refractivity (Wildman–Crippen MR) is 106 cm³/mol. The molecule has 0 unspecified atom stereocenters. The van der Waals surface area contributed by atoms with Gasteiger partial charge in [0.2, 0.25) is 0 Å². The van der Waals surface area contributed by atoms with Crippen molar-refractivity contribution in [2.75, 3.05) is 13.1 Å². The van der Waals surface area contributed by atoms with E-state index in [0.717, 1.165) is 18.5 Å². The molecule has 1 aromatic heterocycles. The zero-order valence-electron chi connectivity index (χ0n) is 16.2. The molecule has 2 aromatic rings. The van der Waals surface area contributed by atoms with Gasteiger partial charge in [-0.05, 0) is 56.9 Å². The second-order valence-electron chi connectivity index (χ2n) is 8.44. The van der Waals surface area contributed by atoms with Crippen molar-refractivity contribution >= 4 is 11.7 Å². The monoisotopic (exact) mass is 362 g/mol. The van der Waals surface area contributed by atoms with E-state index in [1.54, 1.807) is 0 Å². The van der Waals surface area contributed by atoms with Gasteiger partial charge < -0.3 is 9.64 Å². The fourth-order valence-corrected chi connectivity index (χ4v) is 4.15. The lowest BCUT2D eigenvalue weighted by Crippen LogP contribution is -2.45. The molecule has 0 atom stereocenters. The number of pyridine rings is 1. The van der Waals surface area contributed by atoms with Gasteiger partial charge in [0.15, 0.2) is 0 Å². The lowest BCUT2D eigenvalue weighted by atomic mass is 9.74. The van der Waals surface area contributed by atoms with Crippen LogP contribution in [0.25, 0.3) is 5.57 Å². The van der Waals surface area contributed by atoms with Crippen LogP contribution in [-0.2, 0) is 10.2 Å². The third-order valence-electron chi connectivity index (χ3n) is 5.42. The summed E-state index contributed by atoms with van der Waals surface area (Å²) in [6.07, 6.45) is 5.82. The molecule has 1 saturated heterocycles. The van der Waals surface area contributed by atoms with E-state index >= 15 is 0 Å². The molecule has 140 valence electrons. The number of rotatable bonds is 1. The lowest BCUT2D eigenvalue weighted by Gasteiger charge is -2.39. The van der Waals surface area contributed by atoms with Gasteiger partial charge in [-0.1, -0.05) is 36.4 Å². The molecule has 0 bridgehead atoms. The number of carbonyl (C=O) groups excluding carboxylic acids is 1. The van der Waals surface area contributed by atoms with E-state index in [1.807, 2.05) is 44.0 Å². The molecule has 1 aliphatic heterocycles. The van der Waals surface area contributed by atoms with Crippen molar-refractivity contribution in [3.8, 4) is 0 Å². The van der Waals surface area contributed by atoms with Crippen molar-refractivity contribution in [1.82, 2.24) is 9.88 Å². The number of aromatic nitrogens is 1. The largest absolute Gasteiger partial charge is 0.444 e. The molecule has 4 nitrogen and oxygen atoms in total. The van der Waals surface area contributed by atoms with Gasteiger partial charge >= 0.3 is 6.09 Å². The number of piperidine rings is 1. The fraction of sp³-hybridized carbons (Fsp3) is 0.391. The van der Waals surface area contributed by atoms with Gasteiger partial charge in [-0.15, -0.1) is 0 Å². The van der Waals surface area contributed by atoms with Crippen molar-refractivity contribution in [3.63, 3.8) is 0 Å². The molecule has 0 radical (unpaired) electrons. The number of allylic oxidation sites excluding steroid dienone is 1. The van der Waals surface area contributed by atoms with E-state index in [4.69, 9.17) is 4.74 Å². The van der Waals surface area contributed by atoms with Crippen LogP contribution in [0.5, 0.6) is 0 Å². The quantitative estimate of drug-likeness (QED) is 0.732. The number of benzene rings is 1. The van der Waals surface area contributed by atoms with E-state index in [9.17, 15) is 4.79 Å². The van der Waals surface area contributed by atoms with Gasteiger partial charge in [-0.25, -0.2) is 4.79 Å². The summed E-state index contributed by atoms with van der Waals surface area (Å²) < 4.78 is 5.55. The Morgan fingerprint density at radius 3 is 2.44 bits per heavy atom.